The molecule has 0 fully saturated rings. The van der Waals surface area contributed by atoms with Crippen molar-refractivity contribution in [3.63, 3.8) is 0 Å². The molecule has 0 bridgehead atoms. The molecule has 4 nitrogen and oxygen atoms in total. The lowest BCUT2D eigenvalue weighted by Gasteiger charge is -2.02. The lowest BCUT2D eigenvalue weighted by molar-refractivity contribution is -0.131. The Bertz CT molecular complexity index is 612. The number of ether oxygens (including phenoxy) is 1. The van der Waals surface area contributed by atoms with Crippen LogP contribution in [0.15, 0.2) is 43.0 Å². The largest absolute Gasteiger partial charge is 0.425 e. The van der Waals surface area contributed by atoms with Crippen LogP contribution in [-0.4, -0.2) is 15.9 Å². The standard InChI is InChI=1S/C14H10N2O2/c1-11(17)18-14-5-3-2-4-13(14)7-6-12-8-15-10-16-9-12/h2-5,8-10H,1H3. The van der Waals surface area contributed by atoms with Crippen LogP contribution in [0.4, 0.5) is 0 Å². The van der Waals surface area contributed by atoms with Crippen molar-refractivity contribution in [2.75, 3.05) is 0 Å². The summed E-state index contributed by atoms with van der Waals surface area (Å²) in [6.45, 7) is 1.36. The van der Waals surface area contributed by atoms with Crippen molar-refractivity contribution < 1.29 is 9.53 Å². The Balaban J connectivity index is 2.30. The summed E-state index contributed by atoms with van der Waals surface area (Å²) in [5, 5.41) is 0. The molecule has 4 heteroatoms. The van der Waals surface area contributed by atoms with Gasteiger partial charge in [0.2, 0.25) is 0 Å². The Morgan fingerprint density at radius 1 is 1.17 bits per heavy atom. The average molecular weight is 238 g/mol. The van der Waals surface area contributed by atoms with E-state index >= 15 is 0 Å². The summed E-state index contributed by atoms with van der Waals surface area (Å²) >= 11 is 0. The van der Waals surface area contributed by atoms with E-state index in [-0.39, 0.29) is 5.97 Å². The summed E-state index contributed by atoms with van der Waals surface area (Å²) in [6.07, 6.45) is 4.68. The van der Waals surface area contributed by atoms with Gasteiger partial charge in [-0.3, -0.25) is 4.79 Å². The van der Waals surface area contributed by atoms with E-state index in [1.54, 1.807) is 30.6 Å². The zero-order chi connectivity index (χ0) is 12.8. The summed E-state index contributed by atoms with van der Waals surface area (Å²) < 4.78 is 5.06. The molecule has 0 N–H and O–H groups in total. The van der Waals surface area contributed by atoms with Crippen LogP contribution in [-0.2, 0) is 4.79 Å². The van der Waals surface area contributed by atoms with Gasteiger partial charge in [-0.15, -0.1) is 0 Å². The van der Waals surface area contributed by atoms with Crippen molar-refractivity contribution in [3.05, 3.63) is 54.1 Å². The molecule has 0 aliphatic rings. The molecule has 2 rings (SSSR count). The van der Waals surface area contributed by atoms with Gasteiger partial charge in [-0.25, -0.2) is 9.97 Å². The Morgan fingerprint density at radius 3 is 2.61 bits per heavy atom. The highest BCUT2D eigenvalue weighted by Crippen LogP contribution is 2.16. The first-order valence-electron chi connectivity index (χ1n) is 5.30. The molecule has 0 saturated carbocycles. The van der Waals surface area contributed by atoms with Gasteiger partial charge in [-0.2, -0.15) is 0 Å². The number of nitrogens with zero attached hydrogens (tertiary/aromatic N) is 2. The third-order valence-corrected chi connectivity index (χ3v) is 2.04. The van der Waals surface area contributed by atoms with E-state index in [0.29, 0.717) is 16.9 Å². The van der Waals surface area contributed by atoms with E-state index in [4.69, 9.17) is 4.74 Å². The third-order valence-electron chi connectivity index (χ3n) is 2.04. The number of carbonyl (C=O) groups excluding carboxylic acids is 1. The van der Waals surface area contributed by atoms with Gasteiger partial charge in [-0.05, 0) is 12.1 Å². The fourth-order valence-corrected chi connectivity index (χ4v) is 1.32. The van der Waals surface area contributed by atoms with Crippen molar-refractivity contribution in [1.82, 2.24) is 9.97 Å². The van der Waals surface area contributed by atoms with Crippen LogP contribution >= 0.6 is 0 Å². The molecule has 18 heavy (non-hydrogen) atoms. The fourth-order valence-electron chi connectivity index (χ4n) is 1.32. The Morgan fingerprint density at radius 2 is 1.89 bits per heavy atom. The second kappa shape index (κ2) is 5.60. The minimum atomic E-state index is -0.368. The molecular weight excluding hydrogens is 228 g/mol. The van der Waals surface area contributed by atoms with Gasteiger partial charge in [0, 0.05) is 19.3 Å². The van der Waals surface area contributed by atoms with Crippen LogP contribution in [0, 0.1) is 11.8 Å². The van der Waals surface area contributed by atoms with Crippen LogP contribution in [0.5, 0.6) is 5.75 Å². The molecule has 0 aliphatic carbocycles. The molecule has 88 valence electrons. The minimum absolute atomic E-state index is 0.368. The summed E-state index contributed by atoms with van der Waals surface area (Å²) in [5.41, 5.74) is 1.35. The first-order valence-corrected chi connectivity index (χ1v) is 5.30. The van der Waals surface area contributed by atoms with Crippen LogP contribution in [0.3, 0.4) is 0 Å². The van der Waals surface area contributed by atoms with E-state index in [0.717, 1.165) is 0 Å². The molecular formula is C14H10N2O2. The van der Waals surface area contributed by atoms with Crippen molar-refractivity contribution in [2.24, 2.45) is 0 Å². The van der Waals surface area contributed by atoms with Gasteiger partial charge in [0.05, 0.1) is 11.1 Å². The maximum atomic E-state index is 10.9. The van der Waals surface area contributed by atoms with Crippen LogP contribution < -0.4 is 4.74 Å². The van der Waals surface area contributed by atoms with E-state index in [1.165, 1.54) is 13.3 Å². The normalized spacial score (nSPS) is 9.17. The van der Waals surface area contributed by atoms with Crippen molar-refractivity contribution in [2.45, 2.75) is 6.92 Å². The summed E-state index contributed by atoms with van der Waals surface area (Å²) in [4.78, 5) is 18.7. The molecule has 1 aromatic carbocycles. The maximum Gasteiger partial charge on any atom is 0.308 e. The highest BCUT2D eigenvalue weighted by atomic mass is 16.5. The summed E-state index contributed by atoms with van der Waals surface area (Å²) in [6, 6.07) is 7.11. The van der Waals surface area contributed by atoms with Gasteiger partial charge < -0.3 is 4.74 Å². The minimum Gasteiger partial charge on any atom is -0.425 e. The SMILES string of the molecule is CC(=O)Oc1ccccc1C#Cc1cncnc1. The Labute approximate surface area is 105 Å². The zero-order valence-electron chi connectivity index (χ0n) is 9.75. The van der Waals surface area contributed by atoms with Crippen molar-refractivity contribution in [1.29, 1.82) is 0 Å². The number of carbonyl (C=O) groups is 1. The molecule has 0 aliphatic heterocycles. The van der Waals surface area contributed by atoms with Crippen LogP contribution in [0.25, 0.3) is 0 Å². The Kier molecular flexibility index (Phi) is 3.67. The number of hydrogen-bond acceptors (Lipinski definition) is 4. The van der Waals surface area contributed by atoms with Crippen molar-refractivity contribution in [3.8, 4) is 17.6 Å². The average Bonchev–Trinajstić information content (AvgIpc) is 2.38. The van der Waals surface area contributed by atoms with Gasteiger partial charge in [0.1, 0.15) is 12.1 Å². The number of hydrogen-bond donors (Lipinski definition) is 0. The van der Waals surface area contributed by atoms with Crippen molar-refractivity contribution >= 4 is 5.97 Å². The number of esters is 1. The lowest BCUT2D eigenvalue weighted by Crippen LogP contribution is -2.02. The van der Waals surface area contributed by atoms with E-state index in [9.17, 15) is 4.79 Å². The number of benzene rings is 1. The predicted molar refractivity (Wildman–Crippen MR) is 65.8 cm³/mol. The second-order valence-corrected chi connectivity index (χ2v) is 3.47. The first kappa shape index (κ1) is 11.8. The first-order chi connectivity index (χ1) is 8.75. The van der Waals surface area contributed by atoms with Gasteiger partial charge in [0.25, 0.3) is 0 Å². The van der Waals surface area contributed by atoms with Gasteiger partial charge in [0.15, 0.2) is 0 Å². The molecule has 0 saturated heterocycles. The number of aromatic nitrogens is 2. The Hall–Kier alpha value is -2.67. The van der Waals surface area contributed by atoms with Gasteiger partial charge >= 0.3 is 5.97 Å². The predicted octanol–water partition coefficient (Wildman–Crippen LogP) is 1.80. The summed E-state index contributed by atoms with van der Waals surface area (Å²) in [7, 11) is 0. The molecule has 1 heterocycles. The maximum absolute atomic E-state index is 10.9. The molecule has 0 radical (unpaired) electrons. The smallest absolute Gasteiger partial charge is 0.308 e. The van der Waals surface area contributed by atoms with Gasteiger partial charge in [-0.1, -0.05) is 24.0 Å². The van der Waals surface area contributed by atoms with Crippen LogP contribution in [0.2, 0.25) is 0 Å². The molecule has 0 amide bonds. The molecule has 0 spiro atoms. The van der Waals surface area contributed by atoms with E-state index < -0.39 is 0 Å². The molecule has 2 aromatic rings. The molecule has 0 atom stereocenters. The highest BCUT2D eigenvalue weighted by molar-refractivity contribution is 5.70. The lowest BCUT2D eigenvalue weighted by atomic mass is 10.2. The zero-order valence-corrected chi connectivity index (χ0v) is 9.75. The molecule has 1 aromatic heterocycles. The topological polar surface area (TPSA) is 52.1 Å². The molecule has 0 unspecified atom stereocenters. The number of rotatable bonds is 1. The van der Waals surface area contributed by atoms with E-state index in [1.807, 2.05) is 6.07 Å². The second-order valence-electron chi connectivity index (χ2n) is 3.47. The van der Waals surface area contributed by atoms with E-state index in [2.05, 4.69) is 21.8 Å². The number of para-hydroxylation sites is 1. The summed E-state index contributed by atoms with van der Waals surface area (Å²) in [5.74, 6) is 5.92. The fraction of sp³-hybridized carbons (Fsp3) is 0.0714. The monoisotopic (exact) mass is 238 g/mol. The van der Waals surface area contributed by atoms with Crippen LogP contribution in [0.1, 0.15) is 18.1 Å². The third kappa shape index (κ3) is 3.16. The quantitative estimate of drug-likeness (QED) is 0.432. The highest BCUT2D eigenvalue weighted by Gasteiger charge is 2.02.